The molecular weight excluding hydrogens is 261 g/mol. The normalized spacial score (nSPS) is 18.2. The molecule has 0 radical (unpaired) electrons. The Kier molecular flexibility index (Phi) is 5.75. The average molecular weight is 276 g/mol. The van der Waals surface area contributed by atoms with Crippen LogP contribution in [0, 0.1) is 37.0 Å². The van der Waals surface area contributed by atoms with Crippen molar-refractivity contribution in [3.63, 3.8) is 0 Å². The van der Waals surface area contributed by atoms with Gasteiger partial charge >= 0.3 is 106 Å². The van der Waals surface area contributed by atoms with Crippen molar-refractivity contribution in [1.29, 1.82) is 0 Å². The van der Waals surface area contributed by atoms with Crippen LogP contribution in [0.15, 0.2) is 0 Å². The molecule has 3 atom stereocenters. The molecule has 3 nitrogen and oxygen atoms in total. The van der Waals surface area contributed by atoms with Gasteiger partial charge in [0.2, 0.25) is 0 Å². The van der Waals surface area contributed by atoms with E-state index < -0.39 is 26.2 Å². The van der Waals surface area contributed by atoms with Crippen molar-refractivity contribution in [2.75, 3.05) is 0 Å². The summed E-state index contributed by atoms with van der Waals surface area (Å²) in [6, 6.07) is 0. The first-order valence-corrected chi connectivity index (χ1v) is 6.83. The maximum atomic E-state index is 14.3. The number of hydrogen-bond donors (Lipinski definition) is 0. The van der Waals surface area contributed by atoms with Crippen molar-refractivity contribution < 1.29 is 22.0 Å². The van der Waals surface area contributed by atoms with E-state index in [4.69, 9.17) is 19.3 Å². The van der Waals surface area contributed by atoms with Gasteiger partial charge in [0.1, 0.15) is 0 Å². The molecule has 0 aliphatic rings. The van der Waals surface area contributed by atoms with E-state index in [9.17, 15) is 8.39 Å². The number of hydrogen-bond acceptors (Lipinski definition) is 3. The average Bonchev–Trinajstić information content (AvgIpc) is 2.27. The Bertz CT molecular complexity index is 355. The van der Waals surface area contributed by atoms with Crippen LogP contribution in [0.1, 0.15) is 20.8 Å². The van der Waals surface area contributed by atoms with E-state index in [1.807, 2.05) is 17.8 Å². The van der Waals surface area contributed by atoms with Gasteiger partial charge in [-0.25, -0.2) is 0 Å². The molecule has 0 aromatic carbocycles. The van der Waals surface area contributed by atoms with E-state index in [0.29, 0.717) is 0 Å². The van der Waals surface area contributed by atoms with Gasteiger partial charge in [0, 0.05) is 0 Å². The second kappa shape index (κ2) is 6.14. The van der Waals surface area contributed by atoms with Gasteiger partial charge in [-0.3, -0.25) is 0 Å². The van der Waals surface area contributed by atoms with E-state index in [-0.39, 0.29) is 0 Å². The number of halogens is 2. The molecule has 6 heteroatoms. The van der Waals surface area contributed by atoms with Crippen LogP contribution in [0.25, 0.3) is 0 Å². The zero-order valence-electron chi connectivity index (χ0n) is 10.4. The third-order valence-corrected chi connectivity index (χ3v) is 3.62. The zero-order valence-corrected chi connectivity index (χ0v) is 11.3. The van der Waals surface area contributed by atoms with Gasteiger partial charge in [0.15, 0.2) is 0 Å². The predicted octanol–water partition coefficient (Wildman–Crippen LogP) is 3.17. The zero-order chi connectivity index (χ0) is 14.4. The van der Waals surface area contributed by atoms with Crippen LogP contribution in [-0.2, 0) is 13.6 Å². The first kappa shape index (κ1) is 16.9. The molecule has 0 saturated carbocycles. The second-order valence-electron chi connectivity index (χ2n) is 3.44. The monoisotopic (exact) mass is 276 g/mol. The SMILES string of the molecule is C#CC(C)OP(F)(F)(OC(C)C#C)OC(C)C#C. The Morgan fingerprint density at radius 2 is 1.00 bits per heavy atom. The molecule has 0 spiro atoms. The maximum absolute atomic E-state index is 14.3. The van der Waals surface area contributed by atoms with Crippen molar-refractivity contribution in [3.8, 4) is 37.0 Å². The van der Waals surface area contributed by atoms with Crippen LogP contribution in [0.2, 0.25) is 0 Å². The molecule has 18 heavy (non-hydrogen) atoms. The van der Waals surface area contributed by atoms with Gasteiger partial charge in [0.05, 0.1) is 0 Å². The molecule has 0 fully saturated rings. The van der Waals surface area contributed by atoms with Gasteiger partial charge in [-0.2, -0.15) is 0 Å². The van der Waals surface area contributed by atoms with Crippen LogP contribution < -0.4 is 0 Å². The molecule has 100 valence electrons. The predicted molar refractivity (Wildman–Crippen MR) is 67.3 cm³/mol. The van der Waals surface area contributed by atoms with E-state index in [1.165, 1.54) is 20.8 Å². The summed E-state index contributed by atoms with van der Waals surface area (Å²) in [6.07, 6.45) is 11.4. The van der Waals surface area contributed by atoms with E-state index >= 15 is 0 Å². The molecule has 0 amide bonds. The molecule has 0 aromatic heterocycles. The fourth-order valence-corrected chi connectivity index (χ4v) is 2.74. The molecular formula is C12H15F2O3P. The third-order valence-electron chi connectivity index (χ3n) is 1.68. The molecule has 0 aliphatic heterocycles. The summed E-state index contributed by atoms with van der Waals surface area (Å²) in [5.74, 6) is 5.99. The van der Waals surface area contributed by atoms with Gasteiger partial charge in [-0.05, 0) is 0 Å². The van der Waals surface area contributed by atoms with Gasteiger partial charge in [-0.15, -0.1) is 0 Å². The summed E-state index contributed by atoms with van der Waals surface area (Å²) in [4.78, 5) is 0. The Morgan fingerprint density at radius 1 is 0.778 bits per heavy atom. The minimum atomic E-state index is -6.41. The Morgan fingerprint density at radius 3 is 1.17 bits per heavy atom. The first-order valence-electron chi connectivity index (χ1n) is 5.06. The van der Waals surface area contributed by atoms with Gasteiger partial charge in [-0.1, -0.05) is 0 Å². The Hall–Kier alpha value is -1.15. The summed E-state index contributed by atoms with van der Waals surface area (Å²) >= 11 is 0. The van der Waals surface area contributed by atoms with E-state index in [2.05, 4.69) is 13.6 Å². The fourth-order valence-electron chi connectivity index (χ4n) is 0.912. The van der Waals surface area contributed by atoms with Crippen LogP contribution in [-0.4, -0.2) is 18.3 Å². The van der Waals surface area contributed by atoms with E-state index in [1.54, 1.807) is 0 Å². The fraction of sp³-hybridized carbons (Fsp3) is 0.500. The number of terminal acetylenes is 3. The summed E-state index contributed by atoms with van der Waals surface area (Å²) in [5, 5.41) is 0. The molecule has 3 unspecified atom stereocenters. The molecule has 0 rings (SSSR count). The van der Waals surface area contributed by atoms with Gasteiger partial charge < -0.3 is 0 Å². The molecule has 0 aromatic rings. The van der Waals surface area contributed by atoms with Crippen molar-refractivity contribution in [1.82, 2.24) is 0 Å². The van der Waals surface area contributed by atoms with Crippen LogP contribution in [0.5, 0.6) is 0 Å². The van der Waals surface area contributed by atoms with Crippen molar-refractivity contribution in [3.05, 3.63) is 0 Å². The molecule has 0 bridgehead atoms. The second-order valence-corrected chi connectivity index (χ2v) is 5.48. The van der Waals surface area contributed by atoms with Gasteiger partial charge in [0.25, 0.3) is 0 Å². The summed E-state index contributed by atoms with van der Waals surface area (Å²) in [6.45, 7) is 3.77. The van der Waals surface area contributed by atoms with Crippen LogP contribution in [0.3, 0.4) is 0 Å². The topological polar surface area (TPSA) is 27.7 Å². The minimum absolute atomic E-state index is 1.20. The van der Waals surface area contributed by atoms with Crippen molar-refractivity contribution in [2.45, 2.75) is 39.1 Å². The Labute approximate surface area is 107 Å². The standard InChI is InChI=1S/C12H15F2O3P/c1-7-10(4)15-18(13,14,16-11(5)8-2)17-12(6)9-3/h1-3,10-12H,4-6H3. The summed E-state index contributed by atoms with van der Waals surface area (Å²) in [7, 11) is -6.41. The van der Waals surface area contributed by atoms with E-state index in [0.717, 1.165) is 0 Å². The molecule has 0 heterocycles. The van der Waals surface area contributed by atoms with Crippen molar-refractivity contribution in [2.24, 2.45) is 0 Å². The third kappa shape index (κ3) is 5.46. The van der Waals surface area contributed by atoms with Crippen LogP contribution >= 0.6 is 7.91 Å². The number of rotatable bonds is 6. The molecule has 0 saturated heterocycles. The van der Waals surface area contributed by atoms with Crippen LogP contribution in [0.4, 0.5) is 8.39 Å². The van der Waals surface area contributed by atoms with Crippen molar-refractivity contribution >= 4 is 7.91 Å². The first-order chi connectivity index (χ1) is 8.15. The molecule has 0 N–H and O–H groups in total. The quantitative estimate of drug-likeness (QED) is 0.551. The summed E-state index contributed by atoms with van der Waals surface area (Å²) in [5.41, 5.74) is 0. The summed E-state index contributed by atoms with van der Waals surface area (Å²) < 4.78 is 41.9. The molecule has 0 aliphatic carbocycles. The Balaban J connectivity index is 5.20.